The van der Waals surface area contributed by atoms with Gasteiger partial charge in [-0.05, 0) is 50.1 Å². The van der Waals surface area contributed by atoms with Gasteiger partial charge in [-0.25, -0.2) is 12.8 Å². The smallest absolute Gasteiger partial charge is 0.265 e. The third-order valence-electron chi connectivity index (χ3n) is 3.94. The number of halogens is 1. The van der Waals surface area contributed by atoms with Gasteiger partial charge in [-0.1, -0.05) is 34.3 Å². The molecule has 0 bridgehead atoms. The molecule has 122 valence electrons. The van der Waals surface area contributed by atoms with E-state index in [-0.39, 0.29) is 16.8 Å². The molecule has 1 saturated heterocycles. The van der Waals surface area contributed by atoms with Crippen LogP contribution in [0.4, 0.5) is 4.39 Å². The van der Waals surface area contributed by atoms with Crippen LogP contribution in [0.2, 0.25) is 0 Å². The summed E-state index contributed by atoms with van der Waals surface area (Å²) < 4.78 is 39.5. The van der Waals surface area contributed by atoms with E-state index >= 15 is 0 Å². The molecule has 0 spiro atoms. The number of aryl methyl sites for hydroxylation is 1. The van der Waals surface area contributed by atoms with Gasteiger partial charge in [-0.2, -0.15) is 0 Å². The van der Waals surface area contributed by atoms with Gasteiger partial charge in [0.25, 0.3) is 10.0 Å². The van der Waals surface area contributed by atoms with E-state index in [9.17, 15) is 12.8 Å². The van der Waals surface area contributed by atoms with Crippen molar-refractivity contribution in [1.29, 1.82) is 0 Å². The molecule has 2 aromatic rings. The molecule has 2 atom stereocenters. The molecule has 1 aliphatic heterocycles. The Hall–Kier alpha value is -1.76. The van der Waals surface area contributed by atoms with Crippen molar-refractivity contribution < 1.29 is 17.6 Å². The van der Waals surface area contributed by atoms with Gasteiger partial charge in [0.15, 0.2) is 0 Å². The maximum absolute atomic E-state index is 13.0. The molecule has 0 amide bonds. The summed E-state index contributed by atoms with van der Waals surface area (Å²) in [5.74, 6) is -0.330. The molecule has 23 heavy (non-hydrogen) atoms. The first kappa shape index (κ1) is 16.1. The van der Waals surface area contributed by atoms with Crippen molar-refractivity contribution in [1.82, 2.24) is 4.47 Å². The second-order valence-corrected chi connectivity index (χ2v) is 7.59. The normalized spacial score (nSPS) is 22.4. The first-order valence-corrected chi connectivity index (χ1v) is 8.85. The van der Waals surface area contributed by atoms with Crippen LogP contribution in [0.25, 0.3) is 0 Å². The fourth-order valence-electron chi connectivity index (χ4n) is 2.65. The zero-order chi connectivity index (χ0) is 16.6. The zero-order valence-corrected chi connectivity index (χ0v) is 13.8. The highest BCUT2D eigenvalue weighted by atomic mass is 32.2. The molecule has 3 rings (SSSR count). The summed E-state index contributed by atoms with van der Waals surface area (Å²) >= 11 is 0. The van der Waals surface area contributed by atoms with Gasteiger partial charge in [0.05, 0.1) is 10.9 Å². The quantitative estimate of drug-likeness (QED) is 0.861. The van der Waals surface area contributed by atoms with Crippen LogP contribution in [-0.2, 0) is 14.9 Å². The van der Waals surface area contributed by atoms with E-state index in [2.05, 4.69) is 0 Å². The van der Waals surface area contributed by atoms with Crippen LogP contribution in [0.1, 0.15) is 30.6 Å². The topological polar surface area (TPSA) is 46.6 Å². The van der Waals surface area contributed by atoms with E-state index < -0.39 is 16.1 Å². The Morgan fingerprint density at radius 1 is 1.09 bits per heavy atom. The van der Waals surface area contributed by atoms with Gasteiger partial charge in [0.2, 0.25) is 0 Å². The van der Waals surface area contributed by atoms with Crippen molar-refractivity contribution in [2.75, 3.05) is 0 Å². The molecule has 0 radical (unpaired) electrons. The van der Waals surface area contributed by atoms with Crippen molar-refractivity contribution >= 4 is 10.0 Å². The number of sulfonamides is 1. The summed E-state index contributed by atoms with van der Waals surface area (Å²) in [6.45, 7) is 3.70. The van der Waals surface area contributed by atoms with E-state index in [0.29, 0.717) is 6.42 Å². The predicted octanol–water partition coefficient (Wildman–Crippen LogP) is 3.59. The Kier molecular flexibility index (Phi) is 4.23. The van der Waals surface area contributed by atoms with Crippen LogP contribution in [0, 0.1) is 12.7 Å². The number of hydrogen-bond acceptors (Lipinski definition) is 3. The van der Waals surface area contributed by atoms with Crippen molar-refractivity contribution in [3.63, 3.8) is 0 Å². The van der Waals surface area contributed by atoms with Crippen molar-refractivity contribution in [2.45, 2.75) is 37.3 Å². The molecule has 0 aromatic heterocycles. The van der Waals surface area contributed by atoms with E-state index in [4.69, 9.17) is 4.84 Å². The van der Waals surface area contributed by atoms with Crippen LogP contribution >= 0.6 is 0 Å². The van der Waals surface area contributed by atoms with Crippen molar-refractivity contribution in [3.05, 3.63) is 65.5 Å². The lowest BCUT2D eigenvalue weighted by molar-refractivity contribution is -0.0891. The lowest BCUT2D eigenvalue weighted by atomic mass is 10.0. The van der Waals surface area contributed by atoms with Crippen molar-refractivity contribution in [2.24, 2.45) is 0 Å². The van der Waals surface area contributed by atoms with Crippen LogP contribution in [0.5, 0.6) is 0 Å². The monoisotopic (exact) mass is 335 g/mol. The van der Waals surface area contributed by atoms with Crippen LogP contribution in [0.15, 0.2) is 53.4 Å². The van der Waals surface area contributed by atoms with Crippen LogP contribution < -0.4 is 0 Å². The van der Waals surface area contributed by atoms with Crippen molar-refractivity contribution in [3.8, 4) is 0 Å². The van der Waals surface area contributed by atoms with E-state index in [1.165, 1.54) is 12.1 Å². The summed E-state index contributed by atoms with van der Waals surface area (Å²) in [7, 11) is -3.72. The van der Waals surface area contributed by atoms with Crippen LogP contribution in [0.3, 0.4) is 0 Å². The molecule has 1 heterocycles. The molecule has 1 aliphatic rings. The Bertz CT molecular complexity index is 788. The SMILES string of the molecule is Cc1ccc(S(=O)(=O)N2O[C@@H](c3ccc(F)cc3)CC2C)cc1. The average molecular weight is 335 g/mol. The fourth-order valence-corrected chi connectivity index (χ4v) is 4.12. The number of rotatable bonds is 3. The second-order valence-electron chi connectivity index (χ2n) is 5.80. The number of nitrogens with zero attached hydrogens (tertiary/aromatic N) is 1. The third-order valence-corrected chi connectivity index (χ3v) is 5.73. The molecule has 0 aliphatic carbocycles. The standard InChI is InChI=1S/C17H18FNO3S/c1-12-3-9-16(10-4-12)23(20,21)19-13(2)11-17(22-19)14-5-7-15(18)8-6-14/h3-10,13,17H,11H2,1-2H3/t13?,17-/m1/s1. The highest BCUT2D eigenvalue weighted by Crippen LogP contribution is 2.36. The lowest BCUT2D eigenvalue weighted by Crippen LogP contribution is -2.32. The molecule has 6 heteroatoms. The maximum Gasteiger partial charge on any atom is 0.265 e. The highest BCUT2D eigenvalue weighted by Gasteiger charge is 2.40. The minimum atomic E-state index is -3.72. The summed E-state index contributed by atoms with van der Waals surface area (Å²) in [5.41, 5.74) is 1.75. The molecule has 4 nitrogen and oxygen atoms in total. The third kappa shape index (κ3) is 3.15. The Balaban J connectivity index is 1.86. The minimum absolute atomic E-state index is 0.203. The maximum atomic E-state index is 13.0. The second kappa shape index (κ2) is 6.03. The minimum Gasteiger partial charge on any atom is -0.276 e. The average Bonchev–Trinajstić information content (AvgIpc) is 2.91. The first-order chi connectivity index (χ1) is 10.9. The van der Waals surface area contributed by atoms with E-state index in [0.717, 1.165) is 15.6 Å². The van der Waals surface area contributed by atoms with E-state index in [1.54, 1.807) is 43.3 Å². The molecule has 0 N–H and O–H groups in total. The van der Waals surface area contributed by atoms with Gasteiger partial charge < -0.3 is 0 Å². The van der Waals surface area contributed by atoms with Gasteiger partial charge in [0, 0.05) is 0 Å². The molecule has 1 unspecified atom stereocenters. The Morgan fingerprint density at radius 3 is 2.30 bits per heavy atom. The summed E-state index contributed by atoms with van der Waals surface area (Å²) in [5, 5.41) is 0. The number of hydroxylamine groups is 1. The highest BCUT2D eigenvalue weighted by molar-refractivity contribution is 7.89. The van der Waals surface area contributed by atoms with Gasteiger partial charge in [0.1, 0.15) is 11.9 Å². The van der Waals surface area contributed by atoms with Crippen LogP contribution in [-0.4, -0.2) is 18.9 Å². The first-order valence-electron chi connectivity index (χ1n) is 7.41. The van der Waals surface area contributed by atoms with Gasteiger partial charge in [-0.3, -0.25) is 4.84 Å². The zero-order valence-electron chi connectivity index (χ0n) is 12.9. The van der Waals surface area contributed by atoms with Gasteiger partial charge >= 0.3 is 0 Å². The summed E-state index contributed by atoms with van der Waals surface area (Å²) in [6.07, 6.45) is 0.127. The molecule has 1 fully saturated rings. The lowest BCUT2D eigenvalue weighted by Gasteiger charge is -2.20. The number of hydrogen-bond donors (Lipinski definition) is 0. The molecule has 2 aromatic carbocycles. The molecule has 0 saturated carbocycles. The Morgan fingerprint density at radius 2 is 1.70 bits per heavy atom. The van der Waals surface area contributed by atoms with Gasteiger partial charge in [-0.15, -0.1) is 0 Å². The summed E-state index contributed by atoms with van der Waals surface area (Å²) in [6, 6.07) is 12.3. The Labute approximate surface area is 135 Å². The fraction of sp³-hybridized carbons (Fsp3) is 0.294. The predicted molar refractivity (Wildman–Crippen MR) is 84.5 cm³/mol. The molecular weight excluding hydrogens is 317 g/mol. The largest absolute Gasteiger partial charge is 0.276 e. The summed E-state index contributed by atoms with van der Waals surface area (Å²) in [4.78, 5) is 5.88. The number of benzene rings is 2. The van der Waals surface area contributed by atoms with E-state index in [1.807, 2.05) is 6.92 Å². The molecular formula is C17H18FNO3S.